The van der Waals surface area contributed by atoms with Crippen molar-refractivity contribution in [3.8, 4) is 22.3 Å². The first-order chi connectivity index (χ1) is 13.1. The molecule has 0 bridgehead atoms. The fourth-order valence-corrected chi connectivity index (χ4v) is 3.35. The van der Waals surface area contributed by atoms with Crippen LogP contribution in [0.2, 0.25) is 0 Å². The summed E-state index contributed by atoms with van der Waals surface area (Å²) >= 11 is 1.13. The Morgan fingerprint density at radius 1 is 1.19 bits per heavy atom. The van der Waals surface area contributed by atoms with Gasteiger partial charge in [-0.25, -0.2) is 19.7 Å². The number of benzene rings is 1. The van der Waals surface area contributed by atoms with Gasteiger partial charge >= 0.3 is 5.97 Å². The molecule has 1 aliphatic heterocycles. The quantitative estimate of drug-likeness (QED) is 0.490. The molecule has 3 heterocycles. The van der Waals surface area contributed by atoms with Gasteiger partial charge in [-0.1, -0.05) is 0 Å². The van der Waals surface area contributed by atoms with Crippen LogP contribution in [0.4, 0.5) is 0 Å². The highest BCUT2D eigenvalue weighted by molar-refractivity contribution is 7.16. The summed E-state index contributed by atoms with van der Waals surface area (Å²) in [5, 5.41) is 0.516. The van der Waals surface area contributed by atoms with E-state index in [9.17, 15) is 9.59 Å². The molecule has 1 aromatic carbocycles. The van der Waals surface area contributed by atoms with Gasteiger partial charge in [-0.15, -0.1) is 11.3 Å². The summed E-state index contributed by atoms with van der Waals surface area (Å²) < 4.78 is 15.6. The Balaban J connectivity index is 1.44. The molecule has 0 aliphatic carbocycles. The average Bonchev–Trinajstić information content (AvgIpc) is 3.32. The molecule has 0 atom stereocenters. The van der Waals surface area contributed by atoms with Crippen molar-refractivity contribution in [2.24, 2.45) is 0 Å². The fourth-order valence-electron chi connectivity index (χ4n) is 2.44. The van der Waals surface area contributed by atoms with Crippen LogP contribution in [0, 0.1) is 6.92 Å². The first-order valence-corrected chi connectivity index (χ1v) is 8.78. The van der Waals surface area contributed by atoms with Crippen LogP contribution in [0.5, 0.6) is 11.5 Å². The molecule has 0 N–H and O–H groups in total. The van der Waals surface area contributed by atoms with Crippen LogP contribution in [0.25, 0.3) is 10.8 Å². The number of aryl methyl sites for hydroxylation is 1. The molecule has 0 saturated heterocycles. The van der Waals surface area contributed by atoms with Gasteiger partial charge in [0.05, 0.1) is 5.69 Å². The second-order valence-corrected chi connectivity index (χ2v) is 6.57. The number of ketones is 1. The number of hydrogen-bond acceptors (Lipinski definition) is 9. The number of esters is 1. The molecular weight excluding hydrogens is 370 g/mol. The van der Waals surface area contributed by atoms with Gasteiger partial charge in [0.2, 0.25) is 6.79 Å². The van der Waals surface area contributed by atoms with E-state index < -0.39 is 5.97 Å². The Morgan fingerprint density at radius 2 is 1.96 bits per heavy atom. The second kappa shape index (κ2) is 7.12. The lowest BCUT2D eigenvalue weighted by molar-refractivity contribution is 0.0478. The molecule has 0 amide bonds. The van der Waals surface area contributed by atoms with Gasteiger partial charge in [0.1, 0.15) is 4.88 Å². The van der Waals surface area contributed by atoms with Gasteiger partial charge in [-0.05, 0) is 31.2 Å². The van der Waals surface area contributed by atoms with Gasteiger partial charge < -0.3 is 14.2 Å². The SMILES string of the molecule is Cc1nc(-c2ncccn2)sc1C(=O)OCC(=O)c1ccc2c(c1)OCO2. The smallest absolute Gasteiger partial charge is 0.350 e. The lowest BCUT2D eigenvalue weighted by Gasteiger charge is -2.04. The maximum atomic E-state index is 12.3. The molecule has 9 heteroatoms. The number of carbonyl (C=O) groups is 2. The lowest BCUT2D eigenvalue weighted by atomic mass is 10.1. The van der Waals surface area contributed by atoms with Crippen molar-refractivity contribution in [3.05, 3.63) is 52.8 Å². The van der Waals surface area contributed by atoms with E-state index in [4.69, 9.17) is 14.2 Å². The molecule has 27 heavy (non-hydrogen) atoms. The van der Waals surface area contributed by atoms with Crippen molar-refractivity contribution in [2.45, 2.75) is 6.92 Å². The standard InChI is InChI=1S/C18H13N3O5S/c1-10-15(27-17(21-10)16-19-5-2-6-20-16)18(23)24-8-12(22)11-3-4-13-14(7-11)26-9-25-13/h2-7H,8-9H2,1H3. The van der Waals surface area contributed by atoms with Gasteiger partial charge in [-0.3, -0.25) is 4.79 Å². The molecule has 0 radical (unpaired) electrons. The van der Waals surface area contributed by atoms with E-state index in [-0.39, 0.29) is 19.2 Å². The van der Waals surface area contributed by atoms with E-state index >= 15 is 0 Å². The number of thiazole rings is 1. The third kappa shape index (κ3) is 3.49. The molecule has 4 rings (SSSR count). The summed E-state index contributed by atoms with van der Waals surface area (Å²) in [6.07, 6.45) is 3.20. The third-order valence-electron chi connectivity index (χ3n) is 3.77. The van der Waals surface area contributed by atoms with Gasteiger partial charge in [-0.2, -0.15) is 0 Å². The average molecular weight is 383 g/mol. The van der Waals surface area contributed by atoms with Gasteiger partial charge in [0.25, 0.3) is 0 Å². The van der Waals surface area contributed by atoms with E-state index in [0.717, 1.165) is 11.3 Å². The van der Waals surface area contributed by atoms with E-state index in [0.29, 0.717) is 38.5 Å². The molecule has 2 aromatic heterocycles. The molecule has 8 nitrogen and oxygen atoms in total. The maximum absolute atomic E-state index is 12.3. The highest BCUT2D eigenvalue weighted by atomic mass is 32.1. The minimum atomic E-state index is -0.610. The van der Waals surface area contributed by atoms with Crippen LogP contribution in [0.1, 0.15) is 25.7 Å². The van der Waals surface area contributed by atoms with E-state index in [1.54, 1.807) is 43.6 Å². The first-order valence-electron chi connectivity index (χ1n) is 7.96. The number of ether oxygens (including phenoxy) is 3. The van der Waals surface area contributed by atoms with Crippen LogP contribution in [0.3, 0.4) is 0 Å². The maximum Gasteiger partial charge on any atom is 0.350 e. The summed E-state index contributed by atoms with van der Waals surface area (Å²) in [4.78, 5) is 37.5. The van der Waals surface area contributed by atoms with Crippen molar-refractivity contribution < 1.29 is 23.8 Å². The normalized spacial score (nSPS) is 12.0. The van der Waals surface area contributed by atoms with Crippen molar-refractivity contribution in [2.75, 3.05) is 13.4 Å². The van der Waals surface area contributed by atoms with Crippen LogP contribution in [-0.4, -0.2) is 40.1 Å². The zero-order valence-corrected chi connectivity index (χ0v) is 15.0. The van der Waals surface area contributed by atoms with Crippen molar-refractivity contribution in [3.63, 3.8) is 0 Å². The zero-order chi connectivity index (χ0) is 18.8. The van der Waals surface area contributed by atoms with Crippen molar-refractivity contribution >= 4 is 23.1 Å². The largest absolute Gasteiger partial charge is 0.454 e. The number of hydrogen-bond donors (Lipinski definition) is 0. The monoisotopic (exact) mass is 383 g/mol. The van der Waals surface area contributed by atoms with Crippen molar-refractivity contribution in [1.29, 1.82) is 0 Å². The summed E-state index contributed by atoms with van der Waals surface area (Å²) in [7, 11) is 0. The molecule has 0 saturated carbocycles. The molecule has 0 spiro atoms. The summed E-state index contributed by atoms with van der Waals surface area (Å²) in [5.74, 6) is 0.565. The Kier molecular flexibility index (Phi) is 4.51. The molecular formula is C18H13N3O5S. The predicted octanol–water partition coefficient (Wildman–Crippen LogP) is 2.68. The van der Waals surface area contributed by atoms with E-state index in [2.05, 4.69) is 15.0 Å². The highest BCUT2D eigenvalue weighted by Crippen LogP contribution is 2.32. The molecule has 136 valence electrons. The Morgan fingerprint density at radius 3 is 2.78 bits per heavy atom. The van der Waals surface area contributed by atoms with Crippen LogP contribution < -0.4 is 9.47 Å². The Hall–Kier alpha value is -3.33. The minimum Gasteiger partial charge on any atom is -0.454 e. The van der Waals surface area contributed by atoms with Crippen LogP contribution >= 0.6 is 11.3 Å². The topological polar surface area (TPSA) is 100 Å². The van der Waals surface area contributed by atoms with E-state index in [1.807, 2.05) is 0 Å². The van der Waals surface area contributed by atoms with Gasteiger partial charge in [0, 0.05) is 18.0 Å². The molecule has 3 aromatic rings. The summed E-state index contributed by atoms with van der Waals surface area (Å²) in [5.41, 5.74) is 0.884. The molecule has 0 unspecified atom stereocenters. The zero-order valence-electron chi connectivity index (χ0n) is 14.2. The van der Waals surface area contributed by atoms with Crippen LogP contribution in [-0.2, 0) is 4.74 Å². The fraction of sp³-hybridized carbons (Fsp3) is 0.167. The molecule has 0 fully saturated rings. The Bertz CT molecular complexity index is 1020. The van der Waals surface area contributed by atoms with Crippen molar-refractivity contribution in [1.82, 2.24) is 15.0 Å². The second-order valence-electron chi connectivity index (χ2n) is 5.57. The Labute approximate surface area is 157 Å². The third-order valence-corrected chi connectivity index (χ3v) is 4.90. The number of carbonyl (C=O) groups excluding carboxylic acids is 2. The summed E-state index contributed by atoms with van der Waals surface area (Å²) in [6, 6.07) is 6.52. The highest BCUT2D eigenvalue weighted by Gasteiger charge is 2.21. The summed E-state index contributed by atoms with van der Waals surface area (Å²) in [6.45, 7) is 1.44. The number of Topliss-reactive ketones (excluding diaryl/α,β-unsaturated/α-hetero) is 1. The van der Waals surface area contributed by atoms with E-state index in [1.165, 1.54) is 0 Å². The number of fused-ring (bicyclic) bond motifs is 1. The number of nitrogens with zero attached hydrogens (tertiary/aromatic N) is 3. The minimum absolute atomic E-state index is 0.125. The number of aromatic nitrogens is 3. The van der Waals surface area contributed by atoms with Gasteiger partial charge in [0.15, 0.2) is 34.7 Å². The number of rotatable bonds is 5. The molecule has 1 aliphatic rings. The van der Waals surface area contributed by atoms with Crippen LogP contribution in [0.15, 0.2) is 36.7 Å². The first kappa shape index (κ1) is 17.1. The predicted molar refractivity (Wildman–Crippen MR) is 95.1 cm³/mol. The lowest BCUT2D eigenvalue weighted by Crippen LogP contribution is -2.14.